The molecule has 20 heavy (non-hydrogen) atoms. The van der Waals surface area contributed by atoms with Gasteiger partial charge in [-0.15, -0.1) is 0 Å². The van der Waals surface area contributed by atoms with E-state index in [-0.39, 0.29) is 13.2 Å². The second-order valence-corrected chi connectivity index (χ2v) is 3.92. The molecule has 7 nitrogen and oxygen atoms in total. The molecule has 0 spiro atoms. The van der Waals surface area contributed by atoms with Crippen molar-refractivity contribution in [1.82, 2.24) is 10.6 Å². The van der Waals surface area contributed by atoms with Crippen LogP contribution in [0.25, 0.3) is 0 Å². The van der Waals surface area contributed by atoms with Crippen LogP contribution >= 0.6 is 0 Å². The Morgan fingerprint density at radius 1 is 1.30 bits per heavy atom. The van der Waals surface area contributed by atoms with E-state index in [4.69, 9.17) is 10.5 Å². The predicted molar refractivity (Wildman–Crippen MR) is 74.3 cm³/mol. The summed E-state index contributed by atoms with van der Waals surface area (Å²) >= 11 is 0. The Labute approximate surface area is 117 Å². The summed E-state index contributed by atoms with van der Waals surface area (Å²) in [7, 11) is 1.52. The van der Waals surface area contributed by atoms with Crippen LogP contribution < -0.4 is 21.1 Å². The lowest BCUT2D eigenvalue weighted by atomic mass is 10.2. The lowest BCUT2D eigenvalue weighted by Gasteiger charge is -2.09. The van der Waals surface area contributed by atoms with Crippen molar-refractivity contribution in [3.05, 3.63) is 23.8 Å². The zero-order valence-corrected chi connectivity index (χ0v) is 11.6. The van der Waals surface area contributed by atoms with Gasteiger partial charge in [0.2, 0.25) is 0 Å². The van der Waals surface area contributed by atoms with E-state index in [1.165, 1.54) is 7.11 Å². The summed E-state index contributed by atoms with van der Waals surface area (Å²) in [6, 6.07) is 4.77. The second kappa shape index (κ2) is 7.88. The fraction of sp³-hybridized carbons (Fsp3) is 0.385. The summed E-state index contributed by atoms with van der Waals surface area (Å²) in [6.07, 6.45) is 0. The van der Waals surface area contributed by atoms with Gasteiger partial charge >= 0.3 is 12.0 Å². The quantitative estimate of drug-likeness (QED) is 0.524. The van der Waals surface area contributed by atoms with E-state index >= 15 is 0 Å². The average molecular weight is 281 g/mol. The summed E-state index contributed by atoms with van der Waals surface area (Å²) in [5.74, 6) is 0.0769. The number of benzene rings is 1. The van der Waals surface area contributed by atoms with Crippen molar-refractivity contribution in [1.29, 1.82) is 0 Å². The van der Waals surface area contributed by atoms with Crippen LogP contribution in [0.4, 0.5) is 10.5 Å². The third-order valence-corrected chi connectivity index (χ3v) is 2.45. The van der Waals surface area contributed by atoms with Crippen LogP contribution in [-0.2, 0) is 16.1 Å². The van der Waals surface area contributed by atoms with Crippen LogP contribution in [0.3, 0.4) is 0 Å². The normalized spacial score (nSPS) is 9.70. The molecule has 2 amide bonds. The number of urea groups is 1. The molecule has 0 atom stereocenters. The fourth-order valence-electron chi connectivity index (χ4n) is 1.47. The number of anilines is 1. The van der Waals surface area contributed by atoms with E-state index < -0.39 is 12.0 Å². The standard InChI is InChI=1S/C13H19N3O4/c1-3-20-12(17)8-16-13(18)15-7-9-4-5-10(14)11(6-9)19-2/h4-6H,3,7-8,14H2,1-2H3,(H2,15,16,18). The molecule has 1 aromatic rings. The summed E-state index contributed by atoms with van der Waals surface area (Å²) in [6.45, 7) is 2.12. The second-order valence-electron chi connectivity index (χ2n) is 3.92. The van der Waals surface area contributed by atoms with Gasteiger partial charge in [0.1, 0.15) is 12.3 Å². The van der Waals surface area contributed by atoms with Crippen LogP contribution in [-0.4, -0.2) is 32.3 Å². The molecule has 0 bridgehead atoms. The minimum atomic E-state index is -0.475. The average Bonchev–Trinajstić information content (AvgIpc) is 2.44. The molecule has 0 aromatic heterocycles. The largest absolute Gasteiger partial charge is 0.495 e. The molecule has 4 N–H and O–H groups in total. The molecule has 0 aliphatic carbocycles. The van der Waals surface area contributed by atoms with Crippen molar-refractivity contribution in [3.63, 3.8) is 0 Å². The fourth-order valence-corrected chi connectivity index (χ4v) is 1.47. The Morgan fingerprint density at radius 3 is 2.70 bits per heavy atom. The van der Waals surface area contributed by atoms with Crippen molar-refractivity contribution >= 4 is 17.7 Å². The highest BCUT2D eigenvalue weighted by molar-refractivity contribution is 5.80. The van der Waals surface area contributed by atoms with Crippen molar-refractivity contribution in [2.24, 2.45) is 0 Å². The van der Waals surface area contributed by atoms with E-state index in [2.05, 4.69) is 15.4 Å². The smallest absolute Gasteiger partial charge is 0.325 e. The number of methoxy groups -OCH3 is 1. The van der Waals surface area contributed by atoms with Crippen LogP contribution in [0.5, 0.6) is 5.75 Å². The number of carbonyl (C=O) groups excluding carboxylic acids is 2. The molecule has 0 saturated heterocycles. The molecular weight excluding hydrogens is 262 g/mol. The first-order valence-corrected chi connectivity index (χ1v) is 6.16. The highest BCUT2D eigenvalue weighted by atomic mass is 16.5. The van der Waals surface area contributed by atoms with E-state index in [0.29, 0.717) is 18.0 Å². The van der Waals surface area contributed by atoms with Gasteiger partial charge in [0.05, 0.1) is 19.4 Å². The van der Waals surface area contributed by atoms with Crippen LogP contribution in [0, 0.1) is 0 Å². The topological polar surface area (TPSA) is 103 Å². The Hall–Kier alpha value is -2.44. The minimum absolute atomic E-state index is 0.162. The first-order chi connectivity index (χ1) is 9.56. The van der Waals surface area contributed by atoms with Gasteiger partial charge in [-0.3, -0.25) is 4.79 Å². The van der Waals surface area contributed by atoms with E-state index in [9.17, 15) is 9.59 Å². The monoisotopic (exact) mass is 281 g/mol. The predicted octanol–water partition coefficient (Wildman–Crippen LogP) is 0.640. The molecule has 0 heterocycles. The number of hydrogen-bond acceptors (Lipinski definition) is 5. The highest BCUT2D eigenvalue weighted by Crippen LogP contribution is 2.21. The molecule has 0 aliphatic rings. The summed E-state index contributed by atoms with van der Waals surface area (Å²) < 4.78 is 9.77. The van der Waals surface area contributed by atoms with E-state index in [1.807, 2.05) is 0 Å². The Bertz CT molecular complexity index is 477. The lowest BCUT2D eigenvalue weighted by molar-refractivity contribution is -0.141. The highest BCUT2D eigenvalue weighted by Gasteiger charge is 2.06. The van der Waals surface area contributed by atoms with E-state index in [1.54, 1.807) is 25.1 Å². The van der Waals surface area contributed by atoms with Gasteiger partial charge in [0.15, 0.2) is 0 Å². The Morgan fingerprint density at radius 2 is 2.05 bits per heavy atom. The number of ether oxygens (including phenoxy) is 2. The van der Waals surface area contributed by atoms with Gasteiger partial charge in [0, 0.05) is 6.54 Å². The van der Waals surface area contributed by atoms with Crippen LogP contribution in [0.15, 0.2) is 18.2 Å². The maximum absolute atomic E-state index is 11.5. The first kappa shape index (κ1) is 15.6. The number of nitrogen functional groups attached to an aromatic ring is 1. The van der Waals surface area contributed by atoms with Gasteiger partial charge in [-0.2, -0.15) is 0 Å². The van der Waals surface area contributed by atoms with E-state index in [0.717, 1.165) is 5.56 Å². The molecule has 0 fully saturated rings. The number of nitrogens with one attached hydrogen (secondary N) is 2. The maximum atomic E-state index is 11.5. The number of rotatable bonds is 6. The minimum Gasteiger partial charge on any atom is -0.495 e. The van der Waals surface area contributed by atoms with Gasteiger partial charge < -0.3 is 25.8 Å². The summed E-state index contributed by atoms with van der Waals surface area (Å²) in [5.41, 5.74) is 7.06. The maximum Gasteiger partial charge on any atom is 0.325 e. The molecule has 1 aromatic carbocycles. The van der Waals surface area contributed by atoms with Crippen molar-refractivity contribution < 1.29 is 19.1 Å². The van der Waals surface area contributed by atoms with Gasteiger partial charge in [-0.25, -0.2) is 4.79 Å². The third-order valence-electron chi connectivity index (χ3n) is 2.45. The number of amides is 2. The molecule has 0 radical (unpaired) electrons. The molecule has 0 unspecified atom stereocenters. The summed E-state index contributed by atoms with van der Waals surface area (Å²) in [4.78, 5) is 22.5. The van der Waals surface area contributed by atoms with Gasteiger partial charge in [-0.1, -0.05) is 6.07 Å². The van der Waals surface area contributed by atoms with Gasteiger partial charge in [0.25, 0.3) is 0 Å². The summed E-state index contributed by atoms with van der Waals surface area (Å²) in [5, 5.41) is 5.01. The molecular formula is C13H19N3O4. The number of nitrogens with two attached hydrogens (primary N) is 1. The molecule has 0 aliphatic heterocycles. The lowest BCUT2D eigenvalue weighted by Crippen LogP contribution is -2.38. The molecule has 1 rings (SSSR count). The van der Waals surface area contributed by atoms with Crippen molar-refractivity contribution in [2.75, 3.05) is 26.0 Å². The van der Waals surface area contributed by atoms with Gasteiger partial charge in [-0.05, 0) is 24.6 Å². The third kappa shape index (κ3) is 5.05. The SMILES string of the molecule is CCOC(=O)CNC(=O)NCc1ccc(N)c(OC)c1. The zero-order valence-electron chi connectivity index (χ0n) is 11.6. The number of esters is 1. The zero-order chi connectivity index (χ0) is 15.0. The Balaban J connectivity index is 2.39. The van der Waals surface area contributed by atoms with Crippen LogP contribution in [0.1, 0.15) is 12.5 Å². The van der Waals surface area contributed by atoms with Crippen molar-refractivity contribution in [3.8, 4) is 5.75 Å². The van der Waals surface area contributed by atoms with Crippen LogP contribution in [0.2, 0.25) is 0 Å². The molecule has 7 heteroatoms. The number of hydrogen-bond donors (Lipinski definition) is 3. The molecule has 110 valence electrons. The Kier molecular flexibility index (Phi) is 6.15. The number of carbonyl (C=O) groups is 2. The first-order valence-electron chi connectivity index (χ1n) is 6.16. The van der Waals surface area contributed by atoms with Crippen molar-refractivity contribution in [2.45, 2.75) is 13.5 Å². The molecule has 0 saturated carbocycles.